The lowest BCUT2D eigenvalue weighted by Gasteiger charge is -2.22. The van der Waals surface area contributed by atoms with Crippen LogP contribution in [-0.2, 0) is 11.3 Å². The van der Waals surface area contributed by atoms with E-state index in [2.05, 4.69) is 11.9 Å². The summed E-state index contributed by atoms with van der Waals surface area (Å²) in [5.74, 6) is 1.10. The smallest absolute Gasteiger partial charge is 0.225 e. The lowest BCUT2D eigenvalue weighted by atomic mass is 10.0. The molecule has 0 aromatic carbocycles. The lowest BCUT2D eigenvalue weighted by Crippen LogP contribution is -2.31. The van der Waals surface area contributed by atoms with Crippen molar-refractivity contribution in [3.05, 3.63) is 23.0 Å². The largest absolute Gasteiger partial charge is 0.496 e. The van der Waals surface area contributed by atoms with Crippen molar-refractivity contribution < 1.29 is 9.53 Å². The van der Waals surface area contributed by atoms with Gasteiger partial charge in [0.05, 0.1) is 19.3 Å². The molecule has 1 aromatic heterocycles. The monoisotopic (exact) mass is 278 g/mol. The molecule has 0 spiro atoms. The van der Waals surface area contributed by atoms with E-state index in [9.17, 15) is 4.79 Å². The fraction of sp³-hybridized carbons (Fsp3) is 0.625. The van der Waals surface area contributed by atoms with E-state index in [1.54, 1.807) is 18.2 Å². The quantitative estimate of drug-likeness (QED) is 0.803. The first-order valence-corrected chi connectivity index (χ1v) is 7.16. The molecule has 0 saturated heterocycles. The number of hydrogen-bond acceptors (Lipinski definition) is 3. The van der Waals surface area contributed by atoms with Crippen LogP contribution >= 0.6 is 0 Å². The van der Waals surface area contributed by atoms with Gasteiger partial charge < -0.3 is 9.64 Å². The summed E-state index contributed by atoms with van der Waals surface area (Å²) in [7, 11) is 3.50. The molecular formula is C16H26N2O2. The first-order chi connectivity index (χ1) is 9.42. The summed E-state index contributed by atoms with van der Waals surface area (Å²) in [5, 5.41) is 0. The van der Waals surface area contributed by atoms with Crippen LogP contribution in [0.15, 0.2) is 6.20 Å². The highest BCUT2D eigenvalue weighted by Crippen LogP contribution is 2.24. The molecule has 0 fully saturated rings. The number of methoxy groups -OCH3 is 1. The molecule has 0 bridgehead atoms. The summed E-state index contributed by atoms with van der Waals surface area (Å²) < 4.78 is 5.40. The Morgan fingerprint density at radius 2 is 2.10 bits per heavy atom. The van der Waals surface area contributed by atoms with E-state index in [0.717, 1.165) is 35.4 Å². The first kappa shape index (κ1) is 16.5. The van der Waals surface area contributed by atoms with Crippen LogP contribution in [0.4, 0.5) is 0 Å². The molecule has 0 saturated carbocycles. The van der Waals surface area contributed by atoms with E-state index in [-0.39, 0.29) is 11.8 Å². The van der Waals surface area contributed by atoms with Gasteiger partial charge in [0.25, 0.3) is 0 Å². The third-order valence-electron chi connectivity index (χ3n) is 3.66. The number of ether oxygens (including phenoxy) is 1. The number of aryl methyl sites for hydroxylation is 1. The normalized spacial score (nSPS) is 12.1. The van der Waals surface area contributed by atoms with E-state index in [1.807, 2.05) is 27.8 Å². The molecular weight excluding hydrogens is 252 g/mol. The maximum absolute atomic E-state index is 12.2. The van der Waals surface area contributed by atoms with Crippen molar-refractivity contribution in [3.8, 4) is 5.75 Å². The molecule has 0 N–H and O–H groups in total. The van der Waals surface area contributed by atoms with Gasteiger partial charge >= 0.3 is 0 Å². The first-order valence-electron chi connectivity index (χ1n) is 7.16. The maximum Gasteiger partial charge on any atom is 0.225 e. The molecule has 0 aliphatic carbocycles. The Morgan fingerprint density at radius 1 is 1.45 bits per heavy atom. The van der Waals surface area contributed by atoms with Crippen molar-refractivity contribution in [2.45, 2.75) is 47.1 Å². The predicted octanol–water partition coefficient (Wildman–Crippen LogP) is 3.10. The zero-order valence-corrected chi connectivity index (χ0v) is 13.5. The predicted molar refractivity (Wildman–Crippen MR) is 80.8 cm³/mol. The number of aromatic nitrogens is 1. The average Bonchev–Trinajstić information content (AvgIpc) is 2.42. The van der Waals surface area contributed by atoms with Gasteiger partial charge in [-0.25, -0.2) is 0 Å². The van der Waals surface area contributed by atoms with Gasteiger partial charge in [0, 0.05) is 30.3 Å². The number of carbonyl (C=O) groups is 1. The standard InChI is InChI=1S/C16H26N2O2/c1-7-8-11(2)16(19)18(5)10-14-13(4)15(20-6)12(3)9-17-14/h9,11H,7-8,10H2,1-6H3/t11-/m0/s1. The van der Waals surface area contributed by atoms with Gasteiger partial charge in [0.15, 0.2) is 0 Å². The fourth-order valence-electron chi connectivity index (χ4n) is 2.47. The number of nitrogens with zero attached hydrogens (tertiary/aromatic N) is 2. The molecule has 1 rings (SSSR count). The van der Waals surface area contributed by atoms with Crippen molar-refractivity contribution in [2.75, 3.05) is 14.2 Å². The Morgan fingerprint density at radius 3 is 2.65 bits per heavy atom. The molecule has 0 aliphatic rings. The maximum atomic E-state index is 12.2. The van der Waals surface area contributed by atoms with Crippen LogP contribution in [0.1, 0.15) is 43.5 Å². The Bertz CT molecular complexity index is 472. The Hall–Kier alpha value is -1.58. The summed E-state index contributed by atoms with van der Waals surface area (Å²) in [6.07, 6.45) is 3.75. The van der Waals surface area contributed by atoms with E-state index in [1.165, 1.54) is 0 Å². The minimum Gasteiger partial charge on any atom is -0.496 e. The second kappa shape index (κ2) is 7.27. The third-order valence-corrected chi connectivity index (χ3v) is 3.66. The van der Waals surface area contributed by atoms with Gasteiger partial charge in [0.2, 0.25) is 5.91 Å². The Balaban J connectivity index is 2.86. The van der Waals surface area contributed by atoms with Gasteiger partial charge in [-0.15, -0.1) is 0 Å². The van der Waals surface area contributed by atoms with Gasteiger partial charge in [0.1, 0.15) is 5.75 Å². The molecule has 4 heteroatoms. The van der Waals surface area contributed by atoms with Crippen LogP contribution in [0.5, 0.6) is 5.75 Å². The molecule has 1 heterocycles. The third kappa shape index (κ3) is 3.71. The topological polar surface area (TPSA) is 42.4 Å². The van der Waals surface area contributed by atoms with Gasteiger partial charge in [-0.05, 0) is 20.3 Å². The SMILES string of the molecule is CCC[C@H](C)C(=O)N(C)Cc1ncc(C)c(OC)c1C. The van der Waals surface area contributed by atoms with Crippen molar-refractivity contribution in [2.24, 2.45) is 5.92 Å². The minimum atomic E-state index is 0.0673. The highest BCUT2D eigenvalue weighted by molar-refractivity contribution is 5.78. The molecule has 20 heavy (non-hydrogen) atoms. The van der Waals surface area contributed by atoms with Gasteiger partial charge in [-0.3, -0.25) is 9.78 Å². The number of amides is 1. The van der Waals surface area contributed by atoms with Gasteiger partial charge in [-0.1, -0.05) is 20.3 Å². The molecule has 112 valence electrons. The zero-order valence-electron chi connectivity index (χ0n) is 13.5. The van der Waals surface area contributed by atoms with Crippen LogP contribution in [-0.4, -0.2) is 29.9 Å². The number of hydrogen-bond donors (Lipinski definition) is 0. The van der Waals surface area contributed by atoms with Crippen LogP contribution in [0.2, 0.25) is 0 Å². The van der Waals surface area contributed by atoms with Crippen LogP contribution in [0.3, 0.4) is 0 Å². The van der Waals surface area contributed by atoms with Crippen molar-refractivity contribution in [1.82, 2.24) is 9.88 Å². The fourth-order valence-corrected chi connectivity index (χ4v) is 2.47. The van der Waals surface area contributed by atoms with E-state index in [0.29, 0.717) is 6.54 Å². The van der Waals surface area contributed by atoms with Crippen LogP contribution < -0.4 is 4.74 Å². The molecule has 1 atom stereocenters. The number of rotatable bonds is 6. The molecule has 1 aromatic rings. The van der Waals surface area contributed by atoms with Crippen LogP contribution in [0, 0.1) is 19.8 Å². The summed E-state index contributed by atoms with van der Waals surface area (Å²) >= 11 is 0. The van der Waals surface area contributed by atoms with E-state index >= 15 is 0 Å². The van der Waals surface area contributed by atoms with E-state index < -0.39 is 0 Å². The summed E-state index contributed by atoms with van der Waals surface area (Å²) in [5.41, 5.74) is 2.92. The van der Waals surface area contributed by atoms with Crippen molar-refractivity contribution in [3.63, 3.8) is 0 Å². The Kier molecular flexibility index (Phi) is 5.99. The lowest BCUT2D eigenvalue weighted by molar-refractivity contribution is -0.134. The zero-order chi connectivity index (χ0) is 15.3. The number of pyridine rings is 1. The van der Waals surface area contributed by atoms with Crippen molar-refractivity contribution in [1.29, 1.82) is 0 Å². The molecule has 1 amide bonds. The van der Waals surface area contributed by atoms with Crippen molar-refractivity contribution >= 4 is 5.91 Å². The van der Waals surface area contributed by atoms with E-state index in [4.69, 9.17) is 4.74 Å². The molecule has 4 nitrogen and oxygen atoms in total. The highest BCUT2D eigenvalue weighted by atomic mass is 16.5. The average molecular weight is 278 g/mol. The molecule has 0 radical (unpaired) electrons. The summed E-state index contributed by atoms with van der Waals surface area (Å²) in [6.45, 7) is 8.57. The molecule has 0 unspecified atom stereocenters. The second-order valence-corrected chi connectivity index (χ2v) is 5.43. The van der Waals surface area contributed by atoms with Gasteiger partial charge in [-0.2, -0.15) is 0 Å². The van der Waals surface area contributed by atoms with Crippen LogP contribution in [0.25, 0.3) is 0 Å². The Labute approximate surface area is 122 Å². The second-order valence-electron chi connectivity index (χ2n) is 5.43. The highest BCUT2D eigenvalue weighted by Gasteiger charge is 2.19. The minimum absolute atomic E-state index is 0.0673. The number of carbonyl (C=O) groups excluding carboxylic acids is 1. The molecule has 0 aliphatic heterocycles. The summed E-state index contributed by atoms with van der Waals surface area (Å²) in [4.78, 5) is 18.4. The summed E-state index contributed by atoms with van der Waals surface area (Å²) in [6, 6.07) is 0.